The summed E-state index contributed by atoms with van der Waals surface area (Å²) in [5.74, 6) is -11.9. The van der Waals surface area contributed by atoms with Gasteiger partial charge in [-0.1, -0.05) is 0 Å². The Kier molecular flexibility index (Phi) is 43.7. The van der Waals surface area contributed by atoms with Gasteiger partial charge in [0.25, 0.3) is 5.79 Å². The summed E-state index contributed by atoms with van der Waals surface area (Å²) in [6.07, 6.45) is -105. The van der Waals surface area contributed by atoms with E-state index in [9.17, 15) is 186 Å². The third-order valence-electron chi connectivity index (χ3n) is 26.7. The lowest BCUT2D eigenvalue weighted by atomic mass is 9.88. The Morgan fingerprint density at radius 2 is 0.601 bits per heavy atom. The molecule has 65 nitrogen and oxygen atoms in total. The van der Waals surface area contributed by atoms with E-state index in [4.69, 9.17) is 99.5 Å². The van der Waals surface area contributed by atoms with Crippen LogP contribution in [0.4, 0.5) is 0 Å². The van der Waals surface area contributed by atoms with Crippen molar-refractivity contribution in [1.29, 1.82) is 0 Å². The fourth-order valence-corrected chi connectivity index (χ4v) is 19.1. The summed E-state index contributed by atoms with van der Waals surface area (Å²) in [5.41, 5.74) is 0. The zero-order chi connectivity index (χ0) is 109. The molecule has 0 aliphatic carbocycles. The summed E-state index contributed by atoms with van der Waals surface area (Å²) < 4.78 is 127. The predicted molar refractivity (Wildman–Crippen MR) is 459 cm³/mol. The summed E-state index contributed by atoms with van der Waals surface area (Å²) in [6.45, 7) is -4.17. The van der Waals surface area contributed by atoms with Crippen LogP contribution < -0.4 is 37.2 Å². The fraction of sp³-hybridized carbons (Fsp3) is 0.904. The van der Waals surface area contributed by atoms with Gasteiger partial charge in [-0.25, -0.2) is 4.79 Å². The van der Waals surface area contributed by atoms with E-state index in [1.807, 2.05) is 0 Å². The first-order chi connectivity index (χ1) is 69.7. The summed E-state index contributed by atoms with van der Waals surface area (Å²) in [7, 11) is 0. The van der Waals surface area contributed by atoms with Gasteiger partial charge in [-0.3, -0.25) is 33.6 Å². The second-order valence-electron chi connectivity index (χ2n) is 37.5. The number of carbonyl (C=O) groups excluding carboxylic acids is 7. The molecular weight excluding hydrogens is 2020 g/mol. The van der Waals surface area contributed by atoms with Crippen molar-refractivity contribution in [3.05, 3.63) is 0 Å². The molecule has 1 unspecified atom stereocenters. The van der Waals surface area contributed by atoms with Crippen molar-refractivity contribution < 1.29 is 286 Å². The zero-order valence-corrected chi connectivity index (χ0v) is 80.3. The smallest absolute Gasteiger partial charge is 0.364 e. The Hall–Kier alpha value is -6.20. The van der Waals surface area contributed by atoms with Gasteiger partial charge in [0.2, 0.25) is 41.4 Å². The summed E-state index contributed by atoms with van der Waals surface area (Å²) >= 11 is 0. The minimum atomic E-state index is -3.13. The average molecular weight is 2160 g/mol. The highest BCUT2D eigenvalue weighted by Crippen LogP contribution is 2.43. The van der Waals surface area contributed by atoms with Crippen molar-refractivity contribution in [2.24, 2.45) is 0 Å². The number of carboxylic acids is 1. The van der Waals surface area contributed by atoms with E-state index in [1.165, 1.54) is 6.92 Å². The van der Waals surface area contributed by atoms with Gasteiger partial charge < -0.3 is 285 Å². The van der Waals surface area contributed by atoms with E-state index < -0.39 is 463 Å². The van der Waals surface area contributed by atoms with Gasteiger partial charge in [0.1, 0.15) is 256 Å². The summed E-state index contributed by atoms with van der Waals surface area (Å²) in [6, 6.07) is -13.4. The first kappa shape index (κ1) is 122. The Bertz CT molecular complexity index is 4280. The second-order valence-corrected chi connectivity index (χ2v) is 37.5. The molecule has 0 aromatic heterocycles. The number of carbonyl (C=O) groups is 8. The highest BCUT2D eigenvalue weighted by molar-refractivity contribution is 5.77. The maximum atomic E-state index is 13.4. The Morgan fingerprint density at radius 3 is 1.01 bits per heavy atom. The van der Waals surface area contributed by atoms with Crippen molar-refractivity contribution >= 4 is 47.3 Å². The van der Waals surface area contributed by atoms with Gasteiger partial charge in [0.15, 0.2) is 62.9 Å². The molecule has 56 atom stereocenters. The van der Waals surface area contributed by atoms with Crippen LogP contribution in [0.15, 0.2) is 0 Å². The van der Waals surface area contributed by atoms with Crippen LogP contribution in [0.25, 0.3) is 0 Å². The van der Waals surface area contributed by atoms with Gasteiger partial charge >= 0.3 is 5.97 Å². The van der Waals surface area contributed by atoms with Gasteiger partial charge in [-0.05, 0) is 6.92 Å². The monoisotopic (exact) mass is 2160 g/mol. The maximum absolute atomic E-state index is 13.4. The second kappa shape index (κ2) is 53.0. The van der Waals surface area contributed by atoms with E-state index in [-0.39, 0.29) is 0 Å². The molecule has 11 rings (SSSR count). The molecular formula is C83H137N7O58. The van der Waals surface area contributed by atoms with E-state index in [0.717, 1.165) is 48.5 Å². The molecule has 0 aromatic rings. The van der Waals surface area contributed by atoms with Gasteiger partial charge in [-0.15, -0.1) is 0 Å². The van der Waals surface area contributed by atoms with Crippen molar-refractivity contribution in [1.82, 2.24) is 37.2 Å². The quantitative estimate of drug-likeness (QED) is 0.0271. The van der Waals surface area contributed by atoms with E-state index in [2.05, 4.69) is 37.2 Å². The first-order valence-electron chi connectivity index (χ1n) is 47.1. The summed E-state index contributed by atoms with van der Waals surface area (Å²) in [4.78, 5) is 103. The minimum absolute atomic E-state index is 0.847. The van der Waals surface area contributed by atoms with Crippen LogP contribution >= 0.6 is 0 Å². The molecule has 0 spiro atoms. The molecule has 11 saturated heterocycles. The lowest BCUT2D eigenvalue weighted by molar-refractivity contribution is -0.398. The molecule has 0 radical (unpaired) electrons. The molecule has 11 fully saturated rings. The predicted octanol–water partition coefficient (Wildman–Crippen LogP) is -23.7. The highest BCUT2D eigenvalue weighted by Gasteiger charge is 2.64. The van der Waals surface area contributed by atoms with Crippen molar-refractivity contribution in [2.45, 2.75) is 405 Å². The van der Waals surface area contributed by atoms with E-state index in [0.29, 0.717) is 0 Å². The number of aliphatic hydroxyl groups excluding tert-OH is 28. The van der Waals surface area contributed by atoms with Crippen LogP contribution in [0.2, 0.25) is 0 Å². The SMILES string of the molecule is CC(=O)N[C@H]1[C@H](O[C@H]2[C@H](O)[C@@H](NC(C)=O)C(O)O[C@@H]2CO[C@@H]2O[C@@H](C)[C@@H](O)[C@@H](O)[C@@H]2O)O[C@H](CO)[C@@H](O[C@@H]2O[C@H](CO[C@H]3O[C@H](CO)[C@@H](O)[C@H](O)[C@@H]3O[C@@H]3O[C@H](CO)[C@@H](O[C@@H]4O[C@H](CO[C@]5(C(=O)O)C[C@H](O)[C@@H](NC(C)=O)[C@H]([C@H](O)[C@H](O)CO)O5)[C@H](O)[C@H](O)[C@H]4NC(C)=O)[C@H](O)[C@H]3NC(C)=O)[C@@H](O)[C@H](O[C@H]3O[C@H](CO)[C@@H](O)[C@H](O)[C@@H]3O[C@@H]3O[C@H](CO)[C@@H](O[C@@H]4O[C@H](CO)[C@H](O)[C@H](O)[C@H]4NC(C)=O)[C@H](O)[C@H]3NC(C)=O)[C@@H]2O)[C@@H]1O. The molecule has 11 heterocycles. The average Bonchev–Trinajstić information content (AvgIpc) is 0.764. The third kappa shape index (κ3) is 27.7. The third-order valence-corrected chi connectivity index (χ3v) is 26.7. The number of aliphatic hydroxyl groups is 28. The number of hydrogen-bond donors (Lipinski definition) is 36. The number of rotatable bonds is 40. The number of ether oxygens (including phenoxy) is 21. The van der Waals surface area contributed by atoms with Crippen LogP contribution in [0.3, 0.4) is 0 Å². The molecule has 0 saturated carbocycles. The minimum Gasteiger partial charge on any atom is -0.477 e. The van der Waals surface area contributed by atoms with Crippen LogP contribution in [0.5, 0.6) is 0 Å². The van der Waals surface area contributed by atoms with E-state index in [1.54, 1.807) is 0 Å². The maximum Gasteiger partial charge on any atom is 0.364 e. The number of nitrogens with one attached hydrogen (secondary N) is 7. The van der Waals surface area contributed by atoms with Crippen LogP contribution in [-0.2, 0) is 138 Å². The highest BCUT2D eigenvalue weighted by atomic mass is 16.8. The van der Waals surface area contributed by atoms with Crippen molar-refractivity contribution in [3.8, 4) is 0 Å². The molecule has 0 bridgehead atoms. The Morgan fingerprint density at radius 1 is 0.291 bits per heavy atom. The van der Waals surface area contributed by atoms with Crippen LogP contribution in [0, 0.1) is 0 Å². The molecule has 11 aliphatic heterocycles. The number of carboxylic acid groups (broad SMARTS) is 1. The topological polar surface area (TPSA) is 1000 Å². The molecule has 65 heteroatoms. The van der Waals surface area contributed by atoms with Gasteiger partial charge in [0.05, 0.1) is 84.3 Å². The molecule has 148 heavy (non-hydrogen) atoms. The lowest BCUT2D eigenvalue weighted by Gasteiger charge is -2.51. The number of aliphatic carboxylic acids is 1. The Labute approximate surface area is 838 Å². The molecule has 36 N–H and O–H groups in total. The molecule has 0 aromatic carbocycles. The Balaban J connectivity index is 0.919. The first-order valence-corrected chi connectivity index (χ1v) is 47.1. The number of amides is 7. The normalized spacial score (nSPS) is 46.5. The summed E-state index contributed by atoms with van der Waals surface area (Å²) in [5, 5.41) is 346. The molecule has 7 amide bonds. The zero-order valence-electron chi connectivity index (χ0n) is 80.3. The van der Waals surface area contributed by atoms with Crippen LogP contribution in [-0.4, -0.2) is 604 Å². The van der Waals surface area contributed by atoms with Crippen molar-refractivity contribution in [2.75, 3.05) is 66.1 Å². The van der Waals surface area contributed by atoms with Gasteiger partial charge in [0, 0.05) is 54.9 Å². The largest absolute Gasteiger partial charge is 0.477 e. The van der Waals surface area contributed by atoms with Crippen LogP contribution in [0.1, 0.15) is 61.8 Å². The van der Waals surface area contributed by atoms with E-state index >= 15 is 0 Å². The molecule has 852 valence electrons. The van der Waals surface area contributed by atoms with Crippen molar-refractivity contribution in [3.63, 3.8) is 0 Å². The number of hydrogen-bond acceptors (Lipinski definition) is 57. The van der Waals surface area contributed by atoms with Gasteiger partial charge in [-0.2, -0.15) is 0 Å². The fourth-order valence-electron chi connectivity index (χ4n) is 19.1. The standard InChI is InChI=1S/C83H137N7O58/c1-20-46(107)59(120)62(123)78(131-20)128-18-38-67(55(116)40(72(125)132-38)85-22(3)99)143-75-43(88-25(6)102)58(119)66(35(16-97)136-75)144-79-63(124)69(145-81-71(61(122)50(111)32(13-94)135-81)147-77-45(90-27(8)104)57(118)64(33(14-95)138-77)141-73-41(86-23(4)100)53(114)48(109)30(11-92)133-73)52(113)36(140-79)17-129-80-70(60(121)49(110)31(12-93)134-80)146-76-44(89-26(7)103)56(117)65(34(15-96)137-76)142-74-42(87-24(5)101)54(115)51(112)37(139-74)19-130-83(82(126)127)9-28(105)39(84-21(2)98)68(148-83)47(108)29(106)10-91/h20,28-81,91-97,105-125H,9-19H2,1-8H3,(H,84,98)(H,85,99)(H,86,100)(H,87,101)(H,88,102)(H,89,103)(H,90,104)(H,126,127)/t20-,28-,29+,30+,31+,32+,33+,34+,35+,36+,37+,38+,39+,40+,41+,42+,43+,44+,45+,46+,47+,48-,49+,50+,51-,52+,53+,54+,55+,56+,57+,58+,59+,60-,61-,62-,63-,64+,65+,66+,67+,68+,69-,70-,71-,72?,73-,74-,75-,76-,77-,78+,79-,80-,81+,83+/m0/s1. The molecule has 11 aliphatic rings. The lowest BCUT2D eigenvalue weighted by Crippen LogP contribution is -2.71.